The van der Waals surface area contributed by atoms with E-state index in [-0.39, 0.29) is 35.3 Å². The van der Waals surface area contributed by atoms with Crippen LogP contribution in [-0.4, -0.2) is 107 Å². The van der Waals surface area contributed by atoms with Gasteiger partial charge in [0.15, 0.2) is 17.5 Å². The molecule has 3 aliphatic carbocycles. The van der Waals surface area contributed by atoms with E-state index < -0.39 is 125 Å². The Morgan fingerprint density at radius 2 is 1.31 bits per heavy atom. The number of nitrogens with one attached hydrogen (secondary N) is 1. The van der Waals surface area contributed by atoms with Crippen molar-refractivity contribution in [1.29, 1.82) is 0 Å². The molecule has 1 saturated heterocycles. The van der Waals surface area contributed by atoms with Gasteiger partial charge in [-0.15, -0.1) is 0 Å². The number of benzene rings is 3. The first-order chi connectivity index (χ1) is 32.1. The van der Waals surface area contributed by atoms with E-state index in [2.05, 4.69) is 5.32 Å². The number of carbonyl (C=O) groups is 8. The van der Waals surface area contributed by atoms with Crippen LogP contribution in [0.15, 0.2) is 102 Å². The topological polar surface area (TPSA) is 233 Å². The summed E-state index contributed by atoms with van der Waals surface area (Å²) in [6.07, 6.45) is -10.5. The molecule has 3 aromatic rings. The van der Waals surface area contributed by atoms with E-state index in [1.54, 1.807) is 92.7 Å². The van der Waals surface area contributed by atoms with Gasteiger partial charge in [-0.1, -0.05) is 80.6 Å². The number of Topliss-reactive ketones (excluding diaryl/α,β-unsaturated/α-hetero) is 1. The van der Waals surface area contributed by atoms with Crippen molar-refractivity contribution >= 4 is 47.5 Å². The fourth-order valence-corrected chi connectivity index (χ4v) is 10.8. The smallest absolute Gasteiger partial charge is 0.350 e. The third-order valence-corrected chi connectivity index (χ3v) is 14.0. The molecular weight excluding hydrogens is 883 g/mol. The Morgan fingerprint density at radius 1 is 0.735 bits per heavy atom. The lowest BCUT2D eigenvalue weighted by atomic mass is 9.44. The Morgan fingerprint density at radius 3 is 1.84 bits per heavy atom. The van der Waals surface area contributed by atoms with E-state index in [0.29, 0.717) is 5.56 Å². The number of amides is 1. The van der Waals surface area contributed by atoms with E-state index in [1.807, 2.05) is 0 Å². The van der Waals surface area contributed by atoms with E-state index >= 15 is 4.79 Å². The summed E-state index contributed by atoms with van der Waals surface area (Å²) in [6.45, 7) is 10.1. The number of aliphatic hydroxyl groups is 1. The third-order valence-electron chi connectivity index (χ3n) is 14.0. The van der Waals surface area contributed by atoms with Crippen molar-refractivity contribution in [1.82, 2.24) is 5.32 Å². The second kappa shape index (κ2) is 18.8. The van der Waals surface area contributed by atoms with Crippen LogP contribution < -0.4 is 5.32 Å². The van der Waals surface area contributed by atoms with Crippen molar-refractivity contribution in [3.8, 4) is 0 Å². The SMILES string of the molecule is CC(=O)OC1C(=O)C2(C)C(OC(C)=O)CC3OCC3(OC(C)=O)C2C(OC(=O)c2ccccc2)C2(O)CC(OC(=O)C(OC(C)=O)C(NC(=O)c3ccccc3)c3ccccc3)C(C)=C1C2(C)C. The highest BCUT2D eigenvalue weighted by atomic mass is 16.6. The normalized spacial score (nSPS) is 29.9. The van der Waals surface area contributed by atoms with Gasteiger partial charge in [0.2, 0.25) is 6.10 Å². The zero-order valence-electron chi connectivity index (χ0n) is 39.0. The summed E-state index contributed by atoms with van der Waals surface area (Å²) >= 11 is 0. The van der Waals surface area contributed by atoms with Gasteiger partial charge in [0.25, 0.3) is 5.91 Å². The molecule has 0 spiro atoms. The summed E-state index contributed by atoms with van der Waals surface area (Å²) in [4.78, 5) is 111. The summed E-state index contributed by atoms with van der Waals surface area (Å²) in [5.41, 5.74) is -7.41. The van der Waals surface area contributed by atoms with Gasteiger partial charge in [0.1, 0.15) is 36.1 Å². The van der Waals surface area contributed by atoms with Crippen molar-refractivity contribution in [3.05, 3.63) is 119 Å². The average molecular weight is 938 g/mol. The fraction of sp³-hybridized carbons (Fsp3) is 0.451. The maximum atomic E-state index is 15.9. The number of fused-ring (bicyclic) bond motifs is 5. The fourth-order valence-electron chi connectivity index (χ4n) is 10.8. The van der Waals surface area contributed by atoms with Gasteiger partial charge in [-0.25, -0.2) is 9.59 Å². The second-order valence-corrected chi connectivity index (χ2v) is 18.5. The standard InChI is InChI=1S/C51H55NO16/c1-27-35(66-47(60)41(65-30(4)55)39(32-18-12-9-13-19-32)52-45(58)33-20-14-10-15-21-33)25-51(61)44(67-46(59)34-22-16-11-17-23-34)42-49(8,43(57)40(64-29(3)54)38(27)48(51,6)7)36(63-28(2)53)24-37-50(42,26-62-37)68-31(5)56/h9-23,35-37,39-42,44,61H,24-26H2,1-8H3,(H,52,58). The van der Waals surface area contributed by atoms with Crippen LogP contribution in [0.5, 0.6) is 0 Å². The number of hydrogen-bond acceptors (Lipinski definition) is 16. The first kappa shape index (κ1) is 49.2. The number of carbonyl (C=O) groups excluding carboxylic acids is 8. The van der Waals surface area contributed by atoms with Crippen LogP contribution in [0.1, 0.15) is 101 Å². The number of ketones is 1. The molecule has 3 fully saturated rings. The Balaban J connectivity index is 1.45. The highest BCUT2D eigenvalue weighted by Gasteiger charge is 2.79. The Labute approximate surface area is 392 Å². The second-order valence-electron chi connectivity index (χ2n) is 18.5. The molecule has 1 aliphatic heterocycles. The number of rotatable bonds is 12. The average Bonchev–Trinajstić information content (AvgIpc) is 3.28. The highest BCUT2D eigenvalue weighted by molar-refractivity contribution is 5.96. The summed E-state index contributed by atoms with van der Waals surface area (Å²) in [6, 6.07) is 22.8. The minimum absolute atomic E-state index is 0.0385. The molecule has 4 aliphatic rings. The maximum Gasteiger partial charge on any atom is 0.350 e. The van der Waals surface area contributed by atoms with Gasteiger partial charge >= 0.3 is 35.8 Å². The molecular formula is C51H55NO16. The molecule has 3 aromatic carbocycles. The molecule has 0 radical (unpaired) electrons. The van der Waals surface area contributed by atoms with E-state index in [1.165, 1.54) is 26.0 Å². The van der Waals surface area contributed by atoms with Crippen molar-refractivity contribution < 1.29 is 76.6 Å². The van der Waals surface area contributed by atoms with Gasteiger partial charge < -0.3 is 43.6 Å². The number of hydrogen-bond donors (Lipinski definition) is 2. The molecule has 2 saturated carbocycles. The predicted octanol–water partition coefficient (Wildman–Crippen LogP) is 4.88. The minimum atomic E-state index is -2.47. The quantitative estimate of drug-likeness (QED) is 0.140. The van der Waals surface area contributed by atoms with Crippen LogP contribution in [0, 0.1) is 16.7 Å². The van der Waals surface area contributed by atoms with Gasteiger partial charge in [-0.3, -0.25) is 28.8 Å². The summed E-state index contributed by atoms with van der Waals surface area (Å²) in [5.74, 6) is -8.71. The predicted molar refractivity (Wildman–Crippen MR) is 237 cm³/mol. The van der Waals surface area contributed by atoms with E-state index in [0.717, 1.165) is 27.7 Å². The largest absolute Gasteiger partial charge is 0.461 e. The molecule has 1 amide bonds. The zero-order valence-corrected chi connectivity index (χ0v) is 39.0. The zero-order chi connectivity index (χ0) is 49.5. The molecule has 11 atom stereocenters. The van der Waals surface area contributed by atoms with Crippen LogP contribution in [-0.2, 0) is 61.9 Å². The minimum Gasteiger partial charge on any atom is -0.461 e. The van der Waals surface area contributed by atoms with Crippen LogP contribution in [0.25, 0.3) is 0 Å². The molecule has 68 heavy (non-hydrogen) atoms. The van der Waals surface area contributed by atoms with E-state index in [4.69, 9.17) is 33.2 Å². The first-order valence-corrected chi connectivity index (χ1v) is 22.2. The van der Waals surface area contributed by atoms with Crippen molar-refractivity contribution in [2.24, 2.45) is 16.7 Å². The molecule has 17 nitrogen and oxygen atoms in total. The van der Waals surface area contributed by atoms with Crippen LogP contribution >= 0.6 is 0 Å². The van der Waals surface area contributed by atoms with Crippen molar-refractivity contribution in [2.45, 2.75) is 122 Å². The first-order valence-electron chi connectivity index (χ1n) is 22.2. The molecule has 11 unspecified atom stereocenters. The van der Waals surface area contributed by atoms with Gasteiger partial charge in [-0.2, -0.15) is 0 Å². The summed E-state index contributed by atoms with van der Waals surface area (Å²) in [7, 11) is 0. The molecule has 360 valence electrons. The molecule has 1 heterocycles. The maximum absolute atomic E-state index is 15.9. The van der Waals surface area contributed by atoms with Crippen LogP contribution in [0.2, 0.25) is 0 Å². The number of esters is 6. The lowest BCUT2D eigenvalue weighted by Crippen LogP contribution is -2.82. The lowest BCUT2D eigenvalue weighted by molar-refractivity contribution is -0.346. The molecule has 7 rings (SSSR count). The molecule has 2 bridgehead atoms. The Kier molecular flexibility index (Phi) is 13.6. The molecule has 17 heteroatoms. The lowest BCUT2D eigenvalue weighted by Gasteiger charge is -2.67. The molecule has 0 aromatic heterocycles. The van der Waals surface area contributed by atoms with Crippen LogP contribution in [0.3, 0.4) is 0 Å². The summed E-state index contributed by atoms with van der Waals surface area (Å²) < 4.78 is 42.5. The van der Waals surface area contributed by atoms with Gasteiger partial charge in [-0.05, 0) is 54.8 Å². The van der Waals surface area contributed by atoms with Crippen LogP contribution in [0.4, 0.5) is 0 Å². The van der Waals surface area contributed by atoms with E-state index in [9.17, 15) is 38.7 Å². The molecule has 2 N–H and O–H groups in total. The van der Waals surface area contributed by atoms with Crippen molar-refractivity contribution in [3.63, 3.8) is 0 Å². The Hall–Kier alpha value is -6.72. The Bertz CT molecular complexity index is 2530. The third kappa shape index (κ3) is 8.68. The summed E-state index contributed by atoms with van der Waals surface area (Å²) in [5, 5.41) is 16.8. The van der Waals surface area contributed by atoms with Gasteiger partial charge in [0.05, 0.1) is 23.5 Å². The monoisotopic (exact) mass is 937 g/mol. The number of ether oxygens (including phenoxy) is 7. The highest BCUT2D eigenvalue weighted by Crippen LogP contribution is 2.65. The van der Waals surface area contributed by atoms with Crippen molar-refractivity contribution in [2.75, 3.05) is 6.61 Å². The van der Waals surface area contributed by atoms with Gasteiger partial charge in [0, 0.05) is 51.5 Å².